The Bertz CT molecular complexity index is 1560. The largest absolute Gasteiger partial charge is 0.493 e. The van der Waals surface area contributed by atoms with Gasteiger partial charge in [0.15, 0.2) is 23.0 Å². The van der Waals surface area contributed by atoms with Gasteiger partial charge < -0.3 is 18.9 Å². The zero-order valence-corrected chi connectivity index (χ0v) is 26.9. The monoisotopic (exact) mass is 689 g/mol. The molecule has 3 aliphatic rings. The first-order valence-corrected chi connectivity index (χ1v) is 16.0. The number of nitrogens with zero attached hydrogens (tertiary/aromatic N) is 1. The van der Waals surface area contributed by atoms with Crippen molar-refractivity contribution >= 4 is 31.9 Å². The number of rotatable bonds is 7. The number of benzene rings is 4. The summed E-state index contributed by atoms with van der Waals surface area (Å²) in [5.41, 5.74) is 7.98. The van der Waals surface area contributed by atoms with Gasteiger partial charge in [0.25, 0.3) is 0 Å². The zero-order chi connectivity index (χ0) is 28.8. The predicted octanol–water partition coefficient (Wildman–Crippen LogP) is 8.77. The molecule has 7 heteroatoms. The van der Waals surface area contributed by atoms with E-state index in [4.69, 9.17) is 18.9 Å². The molecule has 0 aromatic heterocycles. The average Bonchev–Trinajstić information content (AvgIpc) is 3.48. The van der Waals surface area contributed by atoms with Gasteiger partial charge in [-0.2, -0.15) is 0 Å². The third kappa shape index (κ3) is 4.99. The highest BCUT2D eigenvalue weighted by Crippen LogP contribution is 2.53. The Balaban J connectivity index is 1.32. The molecule has 0 spiro atoms. The number of halogens is 2. The van der Waals surface area contributed by atoms with Crippen molar-refractivity contribution in [1.82, 2.24) is 4.90 Å². The molecule has 0 fully saturated rings. The molecule has 7 rings (SSSR count). The van der Waals surface area contributed by atoms with E-state index in [2.05, 4.69) is 110 Å². The van der Waals surface area contributed by atoms with Gasteiger partial charge in [0, 0.05) is 45.5 Å². The van der Waals surface area contributed by atoms with Crippen LogP contribution in [-0.2, 0) is 13.0 Å². The van der Waals surface area contributed by atoms with Crippen LogP contribution in [0.15, 0.2) is 81.7 Å². The second kappa shape index (κ2) is 11.6. The van der Waals surface area contributed by atoms with E-state index in [9.17, 15) is 0 Å². The molecule has 0 radical (unpaired) electrons. The number of hydrogen-bond donors (Lipinski definition) is 0. The molecule has 0 aliphatic carbocycles. The lowest BCUT2D eigenvalue weighted by atomic mass is 9.72. The van der Waals surface area contributed by atoms with Gasteiger partial charge in [-0.25, -0.2) is 0 Å². The first kappa shape index (κ1) is 27.8. The molecule has 5 nitrogen and oxygen atoms in total. The Labute approximate surface area is 264 Å². The summed E-state index contributed by atoms with van der Waals surface area (Å²) in [4.78, 5) is 2.63. The lowest BCUT2D eigenvalue weighted by Crippen LogP contribution is -2.42. The molecule has 3 heterocycles. The molecule has 4 aromatic carbocycles. The number of fused-ring (bicyclic) bond motifs is 5. The van der Waals surface area contributed by atoms with E-state index < -0.39 is 0 Å². The first-order valence-electron chi connectivity index (χ1n) is 14.4. The van der Waals surface area contributed by atoms with Crippen molar-refractivity contribution in [3.8, 4) is 23.0 Å². The Morgan fingerprint density at radius 2 is 1.50 bits per heavy atom. The maximum absolute atomic E-state index is 5.98. The molecular formula is C35H33Br2NO4. The van der Waals surface area contributed by atoms with Gasteiger partial charge in [0.05, 0.1) is 14.2 Å². The van der Waals surface area contributed by atoms with Crippen molar-refractivity contribution in [2.75, 3.05) is 27.6 Å². The van der Waals surface area contributed by atoms with E-state index in [0.29, 0.717) is 0 Å². The van der Waals surface area contributed by atoms with Gasteiger partial charge in [-0.15, -0.1) is 0 Å². The van der Waals surface area contributed by atoms with Gasteiger partial charge in [-0.1, -0.05) is 62.2 Å². The SMILES string of the molecule is COc1ccc2c(c1OC)CN1CCc3cc4c(cc3C1C2CCC(c1ccc(Br)cc1)c1ccc(Br)cc1)OCO4. The van der Waals surface area contributed by atoms with Crippen LogP contribution in [0.3, 0.4) is 0 Å². The minimum Gasteiger partial charge on any atom is -0.493 e. The highest BCUT2D eigenvalue weighted by Gasteiger charge is 2.42. The van der Waals surface area contributed by atoms with Crippen molar-refractivity contribution in [1.29, 1.82) is 0 Å². The minimum atomic E-state index is 0.240. The van der Waals surface area contributed by atoms with E-state index in [0.717, 1.165) is 64.3 Å². The summed E-state index contributed by atoms with van der Waals surface area (Å²) in [5.74, 6) is 3.90. The lowest BCUT2D eigenvalue weighted by molar-refractivity contribution is 0.125. The lowest BCUT2D eigenvalue weighted by Gasteiger charge is -2.47. The van der Waals surface area contributed by atoms with Crippen LogP contribution in [0.25, 0.3) is 0 Å². The van der Waals surface area contributed by atoms with E-state index >= 15 is 0 Å². The highest BCUT2D eigenvalue weighted by atomic mass is 79.9. The topological polar surface area (TPSA) is 40.2 Å². The van der Waals surface area contributed by atoms with Crippen molar-refractivity contribution in [3.63, 3.8) is 0 Å². The summed E-state index contributed by atoms with van der Waals surface area (Å²) < 4.78 is 25.5. The molecule has 216 valence electrons. The van der Waals surface area contributed by atoms with E-state index in [1.165, 1.54) is 33.4 Å². The van der Waals surface area contributed by atoms with Crippen LogP contribution in [-0.4, -0.2) is 32.5 Å². The van der Waals surface area contributed by atoms with Crippen LogP contribution in [0.5, 0.6) is 23.0 Å². The fourth-order valence-corrected chi connectivity index (χ4v) is 7.73. The van der Waals surface area contributed by atoms with Crippen molar-refractivity contribution in [2.45, 2.75) is 43.7 Å². The molecule has 0 amide bonds. The fourth-order valence-electron chi connectivity index (χ4n) is 7.21. The molecule has 2 atom stereocenters. The van der Waals surface area contributed by atoms with E-state index in [1.54, 1.807) is 14.2 Å². The molecule has 3 aliphatic heterocycles. The van der Waals surface area contributed by atoms with Crippen LogP contribution < -0.4 is 18.9 Å². The van der Waals surface area contributed by atoms with Crippen LogP contribution in [0.4, 0.5) is 0 Å². The average molecular weight is 691 g/mol. The Morgan fingerprint density at radius 1 is 0.833 bits per heavy atom. The van der Waals surface area contributed by atoms with Crippen molar-refractivity contribution < 1.29 is 18.9 Å². The number of methoxy groups -OCH3 is 2. The van der Waals surface area contributed by atoms with Crippen molar-refractivity contribution in [3.05, 3.63) is 115 Å². The Hall–Kier alpha value is -3.00. The molecule has 2 unspecified atom stereocenters. The maximum atomic E-state index is 5.98. The van der Waals surface area contributed by atoms with Gasteiger partial charge in [-0.05, 0) is 89.5 Å². The molecule has 0 N–H and O–H groups in total. The second-order valence-electron chi connectivity index (χ2n) is 11.3. The van der Waals surface area contributed by atoms with E-state index in [1.807, 2.05) is 0 Å². The van der Waals surface area contributed by atoms with Gasteiger partial charge in [0.1, 0.15) is 0 Å². The molecule has 0 bridgehead atoms. The third-order valence-electron chi connectivity index (χ3n) is 9.15. The Morgan fingerprint density at radius 3 is 2.14 bits per heavy atom. The normalized spacial score (nSPS) is 18.8. The molecular weight excluding hydrogens is 658 g/mol. The van der Waals surface area contributed by atoms with Crippen LogP contribution in [0.1, 0.15) is 64.1 Å². The first-order chi connectivity index (χ1) is 20.5. The summed E-state index contributed by atoms with van der Waals surface area (Å²) in [6, 6.07) is 26.6. The van der Waals surface area contributed by atoms with Crippen LogP contribution >= 0.6 is 31.9 Å². The summed E-state index contributed by atoms with van der Waals surface area (Å²) in [5, 5.41) is 0. The number of hydrogen-bond acceptors (Lipinski definition) is 5. The summed E-state index contributed by atoms with van der Waals surface area (Å²) >= 11 is 7.25. The molecule has 0 saturated heterocycles. The summed E-state index contributed by atoms with van der Waals surface area (Å²) in [7, 11) is 3.47. The van der Waals surface area contributed by atoms with Crippen LogP contribution in [0.2, 0.25) is 0 Å². The van der Waals surface area contributed by atoms with Gasteiger partial charge >= 0.3 is 0 Å². The highest BCUT2D eigenvalue weighted by molar-refractivity contribution is 9.10. The second-order valence-corrected chi connectivity index (χ2v) is 13.1. The van der Waals surface area contributed by atoms with Crippen LogP contribution in [0, 0.1) is 0 Å². The van der Waals surface area contributed by atoms with Crippen molar-refractivity contribution in [2.24, 2.45) is 0 Å². The Kier molecular flexibility index (Phi) is 7.67. The third-order valence-corrected chi connectivity index (χ3v) is 10.2. The van der Waals surface area contributed by atoms with Gasteiger partial charge in [0.2, 0.25) is 6.79 Å². The van der Waals surface area contributed by atoms with Gasteiger partial charge in [-0.3, -0.25) is 4.90 Å². The predicted molar refractivity (Wildman–Crippen MR) is 171 cm³/mol. The molecule has 4 aromatic rings. The smallest absolute Gasteiger partial charge is 0.231 e. The summed E-state index contributed by atoms with van der Waals surface area (Å²) in [6.07, 6.45) is 3.00. The molecule has 0 saturated carbocycles. The zero-order valence-electron chi connectivity index (χ0n) is 23.7. The van der Waals surface area contributed by atoms with E-state index in [-0.39, 0.29) is 24.7 Å². The number of ether oxygens (including phenoxy) is 4. The maximum Gasteiger partial charge on any atom is 0.231 e. The summed E-state index contributed by atoms with van der Waals surface area (Å²) in [6.45, 7) is 2.10. The fraction of sp³-hybridized carbons (Fsp3) is 0.314. The standard InChI is InChI=1S/C35H33Br2NO4/c1-39-31-14-13-27-28(12-11-26(21-3-7-24(36)8-4-21)22-5-9-25(37)10-6-22)34-29-18-33-32(41-20-42-33)17-23(29)15-16-38(34)19-30(27)35(31)40-2/h3-10,13-14,17-18,26,28,34H,11-12,15-16,19-20H2,1-2H3. The minimum absolute atomic E-state index is 0.240. The quantitative estimate of drug-likeness (QED) is 0.194. The molecule has 42 heavy (non-hydrogen) atoms.